The molecule has 0 spiro atoms. The molecule has 6 heteroatoms. The molecule has 1 rings (SSSR count). The van der Waals surface area contributed by atoms with Crippen molar-refractivity contribution in [2.75, 3.05) is 3.54 Å². The summed E-state index contributed by atoms with van der Waals surface area (Å²) in [6, 6.07) is 7.67. The molecule has 0 aliphatic carbocycles. The summed E-state index contributed by atoms with van der Waals surface area (Å²) in [5, 5.41) is 0. The van der Waals surface area contributed by atoms with Crippen LogP contribution in [0, 0.1) is 0 Å². The van der Waals surface area contributed by atoms with Crippen LogP contribution >= 0.6 is 20.0 Å². The van der Waals surface area contributed by atoms with Gasteiger partial charge in [0.05, 0.1) is 0 Å². The third-order valence-corrected chi connectivity index (χ3v) is 13.7. The molecule has 25 heavy (non-hydrogen) atoms. The molecule has 1 radical (unpaired) electrons. The van der Waals surface area contributed by atoms with E-state index in [1.807, 2.05) is 18.2 Å². The van der Waals surface area contributed by atoms with Crippen molar-refractivity contribution in [2.24, 2.45) is 0 Å². The summed E-state index contributed by atoms with van der Waals surface area (Å²) in [6.45, 7) is 18.1. The Kier molecular flexibility index (Phi) is 14.0. The van der Waals surface area contributed by atoms with Gasteiger partial charge in [-0.3, -0.25) is 4.98 Å². The van der Waals surface area contributed by atoms with Gasteiger partial charge in [-0.15, -0.1) is 0 Å². The molecule has 0 fully saturated rings. The molecular formula is C19H36Cl2N3Po. The summed E-state index contributed by atoms with van der Waals surface area (Å²) >= 11 is 4.02. The first-order valence-electron chi connectivity index (χ1n) is 8.96. The quantitative estimate of drug-likeness (QED) is 0.310. The van der Waals surface area contributed by atoms with E-state index in [1.165, 1.54) is 0 Å². The van der Waals surface area contributed by atoms with Gasteiger partial charge in [0.2, 0.25) is 0 Å². The van der Waals surface area contributed by atoms with E-state index in [-0.39, 0.29) is 0 Å². The fourth-order valence-corrected chi connectivity index (χ4v) is 11.9. The zero-order valence-corrected chi connectivity index (χ0v) is 21.7. The summed E-state index contributed by atoms with van der Waals surface area (Å²) in [7, 11) is 6.78. The number of hydrogen-bond acceptors (Lipinski definition) is 3. The standard InChI is InChI=1S/C13H29N2.C5H5N.CH2Cl.ClH.Po/c1-10(2)14(11(3)4)9-15(12(5)6)13(7)8;1-2-4-6-5-3-1;1-2;;/h9-13H,1-8H3;1-5H;1H2;1H;/q;;;;+1/p-1. The summed E-state index contributed by atoms with van der Waals surface area (Å²) in [5.74, 6) is 0. The molecule has 1 heterocycles. The third kappa shape index (κ3) is 9.34. The second kappa shape index (κ2) is 13.7. The first kappa shape index (κ1) is 25.5. The molecule has 3 nitrogen and oxygen atoms in total. The van der Waals surface area contributed by atoms with Crippen LogP contribution in [-0.4, -0.2) is 67.2 Å². The van der Waals surface area contributed by atoms with Crippen LogP contribution in [0.15, 0.2) is 30.6 Å². The minimum absolute atomic E-state index is 0.360. The van der Waals surface area contributed by atoms with Crippen molar-refractivity contribution < 1.29 is 0 Å². The van der Waals surface area contributed by atoms with Crippen molar-refractivity contribution in [1.82, 2.24) is 14.8 Å². The molecule has 1 aromatic rings. The SMILES string of the molecule is CC(C)N(C(C)C)[CH](N(C(C)C)C(C)C)[Po]([Cl])[CH2]Cl.c1ccncc1. The first-order valence-corrected chi connectivity index (χ1v) is 17.5. The zero-order chi connectivity index (χ0) is 19.6. The van der Waals surface area contributed by atoms with Crippen LogP contribution in [0.25, 0.3) is 0 Å². The van der Waals surface area contributed by atoms with Crippen LogP contribution in [0.4, 0.5) is 0 Å². The number of pyridine rings is 1. The Morgan fingerprint density at radius 1 is 0.760 bits per heavy atom. The van der Waals surface area contributed by atoms with Crippen LogP contribution in [0.2, 0.25) is 0 Å². The zero-order valence-electron chi connectivity index (χ0n) is 17.0. The predicted molar refractivity (Wildman–Crippen MR) is 115 cm³/mol. The smallest absolute Gasteiger partial charge is 0.0267 e. The molecule has 0 bridgehead atoms. The van der Waals surface area contributed by atoms with E-state index in [0.717, 1.165) is 0 Å². The van der Waals surface area contributed by atoms with Gasteiger partial charge in [0.15, 0.2) is 0 Å². The van der Waals surface area contributed by atoms with Gasteiger partial charge in [-0.05, 0) is 12.1 Å². The van der Waals surface area contributed by atoms with E-state index in [4.69, 9.17) is 20.0 Å². The van der Waals surface area contributed by atoms with Gasteiger partial charge >= 0.3 is 138 Å². The maximum absolute atomic E-state index is 6.78. The largest absolute Gasteiger partial charge is 0.265 e. The van der Waals surface area contributed by atoms with Gasteiger partial charge in [0, 0.05) is 12.4 Å². The van der Waals surface area contributed by atoms with Crippen LogP contribution in [-0.2, 0) is 0 Å². The second-order valence-electron chi connectivity index (χ2n) is 7.09. The van der Waals surface area contributed by atoms with E-state index in [1.54, 1.807) is 12.4 Å². The number of nitrogens with zero attached hydrogens (tertiary/aromatic N) is 3. The Bertz CT molecular complexity index is 367. The molecule has 147 valence electrons. The molecule has 0 unspecified atom stereocenters. The van der Waals surface area contributed by atoms with Crippen molar-refractivity contribution in [3.63, 3.8) is 0 Å². The number of aromatic nitrogens is 1. The monoisotopic (exact) mass is 585 g/mol. The average Bonchev–Trinajstić information content (AvgIpc) is 2.54. The van der Waals surface area contributed by atoms with Crippen molar-refractivity contribution in [3.05, 3.63) is 30.6 Å². The van der Waals surface area contributed by atoms with E-state index in [0.29, 0.717) is 31.5 Å². The first-order chi connectivity index (χ1) is 11.6. The van der Waals surface area contributed by atoms with Crippen LogP contribution in [0.1, 0.15) is 55.4 Å². The van der Waals surface area contributed by atoms with E-state index >= 15 is 0 Å². The Balaban J connectivity index is 0.000000796. The van der Waals surface area contributed by atoms with Gasteiger partial charge in [-0.25, -0.2) is 0 Å². The number of halogens is 2. The summed E-state index contributed by atoms with van der Waals surface area (Å²) in [4.78, 5) is 8.90. The normalized spacial score (nSPS) is 12.2. The van der Waals surface area contributed by atoms with Gasteiger partial charge < -0.3 is 0 Å². The molecule has 0 saturated carbocycles. The molecule has 0 N–H and O–H groups in total. The Hall–Kier alpha value is 0.546. The summed E-state index contributed by atoms with van der Waals surface area (Å²) < 4.78 is 1.03. The van der Waals surface area contributed by atoms with E-state index in [9.17, 15) is 0 Å². The van der Waals surface area contributed by atoms with Gasteiger partial charge in [0.25, 0.3) is 0 Å². The van der Waals surface area contributed by atoms with Crippen molar-refractivity contribution in [3.8, 4) is 0 Å². The molecule has 0 aliphatic rings. The Labute approximate surface area is 172 Å². The van der Waals surface area contributed by atoms with Gasteiger partial charge in [0.1, 0.15) is 0 Å². The molecule has 1 aromatic heterocycles. The van der Waals surface area contributed by atoms with Crippen molar-refractivity contribution >= 4 is 40.9 Å². The second-order valence-corrected chi connectivity index (χ2v) is 17.8. The molecule has 0 aliphatic heterocycles. The fourth-order valence-electron chi connectivity index (χ4n) is 3.00. The maximum atomic E-state index is 6.78. The topological polar surface area (TPSA) is 19.4 Å². The van der Waals surface area contributed by atoms with Crippen LogP contribution in [0.5, 0.6) is 0 Å². The number of rotatable bonds is 8. The molecular weight excluding hydrogens is 550 g/mol. The molecule has 0 saturated heterocycles. The minimum atomic E-state index is -2.14. The molecule has 0 atom stereocenters. The molecule has 0 amide bonds. The average molecular weight is 586 g/mol. The van der Waals surface area contributed by atoms with E-state index in [2.05, 4.69) is 70.2 Å². The number of alkyl halides is 1. The van der Waals surface area contributed by atoms with Crippen molar-refractivity contribution in [1.29, 1.82) is 0 Å². The summed E-state index contributed by atoms with van der Waals surface area (Å²) in [5.41, 5.74) is 0. The maximum Gasteiger partial charge on any atom is 0.0267 e. The van der Waals surface area contributed by atoms with E-state index < -0.39 is 20.9 Å². The van der Waals surface area contributed by atoms with Gasteiger partial charge in [-0.1, -0.05) is 6.07 Å². The fraction of sp³-hybridized carbons (Fsp3) is 0.737. The third-order valence-electron chi connectivity index (χ3n) is 3.79. The Morgan fingerprint density at radius 2 is 1.12 bits per heavy atom. The number of hydrogen-bond donors (Lipinski definition) is 0. The van der Waals surface area contributed by atoms with Gasteiger partial charge in [-0.2, -0.15) is 0 Å². The van der Waals surface area contributed by atoms with Crippen LogP contribution in [0.3, 0.4) is 0 Å². The predicted octanol–water partition coefficient (Wildman–Crippen LogP) is 5.18. The minimum Gasteiger partial charge on any atom is -0.265 e. The Morgan fingerprint density at radius 3 is 1.28 bits per heavy atom. The summed E-state index contributed by atoms with van der Waals surface area (Å²) in [6.07, 6.45) is 3.50. The molecule has 0 aromatic carbocycles. The van der Waals surface area contributed by atoms with Crippen LogP contribution < -0.4 is 0 Å². The van der Waals surface area contributed by atoms with Crippen molar-refractivity contribution in [2.45, 2.75) is 83.4 Å².